The average Bonchev–Trinajstić information content (AvgIpc) is 3.00. The van der Waals surface area contributed by atoms with Gasteiger partial charge in [-0.1, -0.05) is 96.0 Å². The largest absolute Gasteiger partial charge is 0.355 e. The fourth-order valence-electron chi connectivity index (χ4n) is 4.74. The number of carbonyl (C=O) groups is 2. The summed E-state index contributed by atoms with van der Waals surface area (Å²) in [5.74, 6) is -0.936. The van der Waals surface area contributed by atoms with Crippen LogP contribution in [0, 0.1) is 6.92 Å². The third kappa shape index (κ3) is 7.96. The Bertz CT molecular complexity index is 1670. The predicted molar refractivity (Wildman–Crippen MR) is 172 cm³/mol. The van der Waals surface area contributed by atoms with Crippen LogP contribution in [-0.4, -0.2) is 44.3 Å². The van der Waals surface area contributed by atoms with Gasteiger partial charge in [-0.3, -0.25) is 13.9 Å². The van der Waals surface area contributed by atoms with Crippen molar-refractivity contribution >= 4 is 50.7 Å². The highest BCUT2D eigenvalue weighted by atomic mass is 35.5. The van der Waals surface area contributed by atoms with Gasteiger partial charge >= 0.3 is 0 Å². The second-order valence-electron chi connectivity index (χ2n) is 9.97. The standard InChI is InChI=1S/C33H33Cl2N3O4S/c1-3-36-33(40)31(20-25-12-6-4-7-13-25)37(22-26-14-10-11-17-29(26)35)32(39)23-38(30-21-27(34)19-18-24(30)2)43(41,42)28-15-8-5-9-16-28/h4-19,21,31H,3,20,22-23H2,1-2H3,(H,36,40)/t31-/m0/s1. The molecule has 2 amide bonds. The van der Waals surface area contributed by atoms with E-state index in [-0.39, 0.29) is 29.5 Å². The number of anilines is 1. The number of nitrogens with zero attached hydrogens (tertiary/aromatic N) is 2. The van der Waals surface area contributed by atoms with Gasteiger partial charge in [-0.25, -0.2) is 8.42 Å². The van der Waals surface area contributed by atoms with E-state index >= 15 is 0 Å². The normalized spacial score (nSPS) is 11.9. The molecule has 0 unspecified atom stereocenters. The topological polar surface area (TPSA) is 86.8 Å². The van der Waals surface area contributed by atoms with Gasteiger partial charge in [0.25, 0.3) is 10.0 Å². The van der Waals surface area contributed by atoms with Gasteiger partial charge in [0.2, 0.25) is 11.8 Å². The first-order valence-electron chi connectivity index (χ1n) is 13.8. The van der Waals surface area contributed by atoms with Crippen molar-refractivity contribution in [1.29, 1.82) is 0 Å². The Kier molecular flexibility index (Phi) is 10.9. The van der Waals surface area contributed by atoms with Gasteiger partial charge in [0, 0.05) is 29.6 Å². The monoisotopic (exact) mass is 637 g/mol. The molecule has 0 bridgehead atoms. The van der Waals surface area contributed by atoms with Crippen LogP contribution in [0.2, 0.25) is 10.0 Å². The molecule has 0 fully saturated rings. The summed E-state index contributed by atoms with van der Waals surface area (Å²) >= 11 is 12.8. The number of hydrogen-bond donors (Lipinski definition) is 1. The van der Waals surface area contributed by atoms with Gasteiger partial charge in [-0.15, -0.1) is 0 Å². The van der Waals surface area contributed by atoms with Gasteiger partial charge in [-0.05, 0) is 60.9 Å². The molecule has 7 nitrogen and oxygen atoms in total. The van der Waals surface area contributed by atoms with Crippen molar-refractivity contribution in [2.45, 2.75) is 37.8 Å². The molecule has 0 heterocycles. The molecule has 0 aromatic heterocycles. The van der Waals surface area contributed by atoms with Crippen LogP contribution in [0.4, 0.5) is 5.69 Å². The molecule has 0 saturated heterocycles. The number of rotatable bonds is 12. The van der Waals surface area contributed by atoms with Crippen LogP contribution in [0.3, 0.4) is 0 Å². The van der Waals surface area contributed by atoms with Crippen molar-refractivity contribution in [3.8, 4) is 0 Å². The van der Waals surface area contributed by atoms with Gasteiger partial charge in [0.15, 0.2) is 0 Å². The fraction of sp³-hybridized carbons (Fsp3) is 0.212. The molecule has 1 atom stereocenters. The Morgan fingerprint density at radius 1 is 0.860 bits per heavy atom. The van der Waals surface area contributed by atoms with E-state index in [4.69, 9.17) is 23.2 Å². The van der Waals surface area contributed by atoms with Crippen molar-refractivity contribution in [2.75, 3.05) is 17.4 Å². The van der Waals surface area contributed by atoms with Crippen molar-refractivity contribution in [2.24, 2.45) is 0 Å². The van der Waals surface area contributed by atoms with Gasteiger partial charge in [0.1, 0.15) is 12.6 Å². The van der Waals surface area contributed by atoms with E-state index in [0.717, 1.165) is 9.87 Å². The minimum atomic E-state index is -4.22. The number of nitrogens with one attached hydrogen (secondary N) is 1. The van der Waals surface area contributed by atoms with E-state index in [1.165, 1.54) is 23.1 Å². The summed E-state index contributed by atoms with van der Waals surface area (Å²) < 4.78 is 29.2. The minimum absolute atomic E-state index is 0.0130. The van der Waals surface area contributed by atoms with Crippen LogP contribution < -0.4 is 9.62 Å². The number of aryl methyl sites for hydroxylation is 1. The Balaban J connectivity index is 1.83. The van der Waals surface area contributed by atoms with Crippen LogP contribution in [0.1, 0.15) is 23.6 Å². The zero-order valence-electron chi connectivity index (χ0n) is 23.9. The molecule has 43 heavy (non-hydrogen) atoms. The molecule has 0 aliphatic carbocycles. The molecule has 0 radical (unpaired) electrons. The number of sulfonamides is 1. The van der Waals surface area contributed by atoms with Crippen molar-refractivity contribution in [1.82, 2.24) is 10.2 Å². The zero-order chi connectivity index (χ0) is 31.0. The number of amides is 2. The molecule has 4 aromatic carbocycles. The summed E-state index contributed by atoms with van der Waals surface area (Å²) in [4.78, 5) is 29.4. The van der Waals surface area contributed by atoms with Gasteiger partial charge in [-0.2, -0.15) is 0 Å². The van der Waals surface area contributed by atoms with Crippen molar-refractivity contribution in [3.05, 3.63) is 130 Å². The SMILES string of the molecule is CCNC(=O)[C@H](Cc1ccccc1)N(Cc1ccccc1Cl)C(=O)CN(c1cc(Cl)ccc1C)S(=O)(=O)c1ccccc1. The van der Waals surface area contributed by atoms with E-state index < -0.39 is 28.5 Å². The molecular weight excluding hydrogens is 605 g/mol. The third-order valence-electron chi connectivity index (χ3n) is 6.97. The lowest BCUT2D eigenvalue weighted by Crippen LogP contribution is -2.53. The maximum Gasteiger partial charge on any atom is 0.264 e. The number of hydrogen-bond acceptors (Lipinski definition) is 4. The first-order chi connectivity index (χ1) is 20.6. The summed E-state index contributed by atoms with van der Waals surface area (Å²) in [5, 5.41) is 3.59. The summed E-state index contributed by atoms with van der Waals surface area (Å²) in [6.45, 7) is 3.31. The van der Waals surface area contributed by atoms with E-state index in [1.807, 2.05) is 30.3 Å². The van der Waals surface area contributed by atoms with Crippen LogP contribution >= 0.6 is 23.2 Å². The summed E-state index contributed by atoms with van der Waals surface area (Å²) in [7, 11) is -4.22. The van der Waals surface area contributed by atoms with E-state index in [1.54, 1.807) is 68.4 Å². The average molecular weight is 639 g/mol. The van der Waals surface area contributed by atoms with Crippen LogP contribution in [0.5, 0.6) is 0 Å². The molecule has 10 heteroatoms. The molecule has 224 valence electrons. The highest BCUT2D eigenvalue weighted by Gasteiger charge is 2.35. The Labute approximate surface area is 263 Å². The first kappa shape index (κ1) is 32.1. The van der Waals surface area contributed by atoms with E-state index in [2.05, 4.69) is 5.32 Å². The van der Waals surface area contributed by atoms with Crippen LogP contribution in [-0.2, 0) is 32.6 Å². The number of halogens is 2. The molecule has 4 aromatic rings. The smallest absolute Gasteiger partial charge is 0.264 e. The Morgan fingerprint density at radius 2 is 1.49 bits per heavy atom. The molecule has 0 spiro atoms. The first-order valence-corrected chi connectivity index (χ1v) is 16.0. The minimum Gasteiger partial charge on any atom is -0.355 e. The maximum absolute atomic E-state index is 14.4. The zero-order valence-corrected chi connectivity index (χ0v) is 26.2. The number of benzene rings is 4. The van der Waals surface area contributed by atoms with Gasteiger partial charge in [0.05, 0.1) is 10.6 Å². The second-order valence-corrected chi connectivity index (χ2v) is 12.7. The van der Waals surface area contributed by atoms with Gasteiger partial charge < -0.3 is 10.2 Å². The Morgan fingerprint density at radius 3 is 2.14 bits per heavy atom. The van der Waals surface area contributed by atoms with Crippen LogP contribution in [0.15, 0.2) is 108 Å². The number of likely N-dealkylation sites (N-methyl/N-ethyl adjacent to an activating group) is 1. The summed E-state index contributed by atoms with van der Waals surface area (Å²) in [6.07, 6.45) is 0.213. The molecule has 0 aliphatic heterocycles. The Hall–Kier alpha value is -3.85. The lowest BCUT2D eigenvalue weighted by molar-refractivity contribution is -0.140. The summed E-state index contributed by atoms with van der Waals surface area (Å²) in [6, 6.07) is 28.2. The fourth-order valence-corrected chi connectivity index (χ4v) is 6.59. The quantitative estimate of drug-likeness (QED) is 0.198. The molecule has 0 saturated carbocycles. The van der Waals surface area contributed by atoms with Crippen LogP contribution in [0.25, 0.3) is 0 Å². The summed E-state index contributed by atoms with van der Waals surface area (Å²) in [5.41, 5.74) is 2.34. The molecule has 1 N–H and O–H groups in total. The number of carbonyl (C=O) groups excluding carboxylic acids is 2. The van der Waals surface area contributed by atoms with Crippen molar-refractivity contribution in [3.63, 3.8) is 0 Å². The lowest BCUT2D eigenvalue weighted by Gasteiger charge is -2.34. The molecule has 0 aliphatic rings. The second kappa shape index (κ2) is 14.6. The van der Waals surface area contributed by atoms with E-state index in [9.17, 15) is 18.0 Å². The van der Waals surface area contributed by atoms with E-state index in [0.29, 0.717) is 27.7 Å². The molecular formula is C33H33Cl2N3O4S. The molecule has 4 rings (SSSR count). The lowest BCUT2D eigenvalue weighted by atomic mass is 10.0. The third-order valence-corrected chi connectivity index (χ3v) is 9.35. The predicted octanol–water partition coefficient (Wildman–Crippen LogP) is 6.27. The highest BCUT2D eigenvalue weighted by Crippen LogP contribution is 2.30. The highest BCUT2D eigenvalue weighted by molar-refractivity contribution is 7.92. The van der Waals surface area contributed by atoms with Crippen molar-refractivity contribution < 1.29 is 18.0 Å². The maximum atomic E-state index is 14.4.